The molecule has 0 aliphatic carbocycles. The summed E-state index contributed by atoms with van der Waals surface area (Å²) in [5.41, 5.74) is 6.98. The van der Waals surface area contributed by atoms with Gasteiger partial charge in [0.1, 0.15) is 0 Å². The van der Waals surface area contributed by atoms with E-state index in [4.69, 9.17) is 10.5 Å². The number of ether oxygens (including phenoxy) is 1. The Balaban J connectivity index is 2.37. The van der Waals surface area contributed by atoms with Crippen molar-refractivity contribution in [3.63, 3.8) is 0 Å². The Kier molecular flexibility index (Phi) is 4.18. The van der Waals surface area contributed by atoms with Crippen LogP contribution in [0.4, 0.5) is 10.1 Å². The van der Waals surface area contributed by atoms with Crippen LogP contribution in [0.1, 0.15) is 11.1 Å². The lowest BCUT2D eigenvalue weighted by Gasteiger charge is -2.10. The lowest BCUT2D eigenvalue weighted by atomic mass is 10.2. The molecule has 0 saturated heterocycles. The van der Waals surface area contributed by atoms with E-state index in [9.17, 15) is 12.8 Å². The Bertz CT molecular complexity index is 772. The first-order chi connectivity index (χ1) is 9.83. The molecule has 4 nitrogen and oxygen atoms in total. The molecule has 2 rings (SSSR count). The molecule has 6 heteroatoms. The molecular formula is C15H16FNO3S. The molecule has 0 radical (unpaired) electrons. The van der Waals surface area contributed by atoms with E-state index in [0.29, 0.717) is 16.8 Å². The number of benzene rings is 2. The van der Waals surface area contributed by atoms with Gasteiger partial charge >= 0.3 is 0 Å². The fraction of sp³-hybridized carbons (Fsp3) is 0.200. The predicted molar refractivity (Wildman–Crippen MR) is 79.4 cm³/mol. The Morgan fingerprint density at radius 3 is 2.52 bits per heavy atom. The maximum Gasteiger partial charge on any atom is 0.182 e. The number of hydrogen-bond donors (Lipinski definition) is 1. The molecule has 21 heavy (non-hydrogen) atoms. The van der Waals surface area contributed by atoms with Crippen LogP contribution in [-0.4, -0.2) is 15.5 Å². The zero-order valence-corrected chi connectivity index (χ0v) is 12.6. The van der Waals surface area contributed by atoms with Crippen molar-refractivity contribution in [3.05, 3.63) is 53.3 Å². The van der Waals surface area contributed by atoms with Gasteiger partial charge in [0.25, 0.3) is 0 Å². The fourth-order valence-electron chi connectivity index (χ4n) is 2.05. The first kappa shape index (κ1) is 15.3. The molecule has 112 valence electrons. The highest BCUT2D eigenvalue weighted by Gasteiger charge is 2.19. The second-order valence-electron chi connectivity index (χ2n) is 4.75. The first-order valence-electron chi connectivity index (χ1n) is 6.25. The van der Waals surface area contributed by atoms with E-state index < -0.39 is 15.7 Å². The number of rotatable bonds is 4. The SMILES string of the molecule is COc1ccc(CS(=O)(=O)c2cc(N)ccc2C)cc1F. The largest absolute Gasteiger partial charge is 0.494 e. The van der Waals surface area contributed by atoms with E-state index >= 15 is 0 Å². The quantitative estimate of drug-likeness (QED) is 0.882. The number of sulfone groups is 1. The lowest BCUT2D eigenvalue weighted by Crippen LogP contribution is -2.08. The Labute approximate surface area is 123 Å². The minimum Gasteiger partial charge on any atom is -0.494 e. The van der Waals surface area contributed by atoms with Crippen molar-refractivity contribution in [2.75, 3.05) is 12.8 Å². The van der Waals surface area contributed by atoms with Crippen molar-refractivity contribution in [1.29, 1.82) is 0 Å². The lowest BCUT2D eigenvalue weighted by molar-refractivity contribution is 0.386. The first-order valence-corrected chi connectivity index (χ1v) is 7.90. The summed E-state index contributed by atoms with van der Waals surface area (Å²) >= 11 is 0. The highest BCUT2D eigenvalue weighted by Crippen LogP contribution is 2.24. The van der Waals surface area contributed by atoms with Gasteiger partial charge in [0.2, 0.25) is 0 Å². The summed E-state index contributed by atoms with van der Waals surface area (Å²) in [6, 6.07) is 8.81. The predicted octanol–water partition coefficient (Wildman–Crippen LogP) is 2.70. The van der Waals surface area contributed by atoms with E-state index in [1.807, 2.05) is 0 Å². The summed E-state index contributed by atoms with van der Waals surface area (Å²) in [4.78, 5) is 0.165. The van der Waals surface area contributed by atoms with Gasteiger partial charge in [-0.3, -0.25) is 0 Å². The molecule has 0 unspecified atom stereocenters. The van der Waals surface area contributed by atoms with Crippen LogP contribution >= 0.6 is 0 Å². The number of methoxy groups -OCH3 is 1. The van der Waals surface area contributed by atoms with Gasteiger partial charge in [-0.15, -0.1) is 0 Å². The number of anilines is 1. The molecule has 0 bridgehead atoms. The van der Waals surface area contributed by atoms with E-state index in [2.05, 4.69) is 0 Å². The van der Waals surface area contributed by atoms with Crippen molar-refractivity contribution < 1.29 is 17.5 Å². The van der Waals surface area contributed by atoms with Crippen molar-refractivity contribution >= 4 is 15.5 Å². The summed E-state index contributed by atoms with van der Waals surface area (Å²) in [6.07, 6.45) is 0. The third-order valence-electron chi connectivity index (χ3n) is 3.12. The third-order valence-corrected chi connectivity index (χ3v) is 4.94. The summed E-state index contributed by atoms with van der Waals surface area (Å²) < 4.78 is 43.3. The van der Waals surface area contributed by atoms with Gasteiger partial charge in [-0.1, -0.05) is 12.1 Å². The van der Waals surface area contributed by atoms with Crippen molar-refractivity contribution in [3.8, 4) is 5.75 Å². The maximum atomic E-state index is 13.6. The standard InChI is InChI=1S/C15H16FNO3S/c1-10-3-5-12(17)8-15(10)21(18,19)9-11-4-6-14(20-2)13(16)7-11/h3-8H,9,17H2,1-2H3. The van der Waals surface area contributed by atoms with Crippen LogP contribution in [0.15, 0.2) is 41.3 Å². The van der Waals surface area contributed by atoms with Gasteiger partial charge in [0, 0.05) is 5.69 Å². The van der Waals surface area contributed by atoms with Gasteiger partial charge in [-0.05, 0) is 42.3 Å². The molecule has 0 fully saturated rings. The zero-order chi connectivity index (χ0) is 15.6. The Hall–Kier alpha value is -2.08. The molecule has 0 heterocycles. The Morgan fingerprint density at radius 2 is 1.90 bits per heavy atom. The number of nitrogens with two attached hydrogens (primary N) is 1. The zero-order valence-electron chi connectivity index (χ0n) is 11.8. The average molecular weight is 309 g/mol. The van der Waals surface area contributed by atoms with Gasteiger partial charge in [-0.2, -0.15) is 0 Å². The number of hydrogen-bond acceptors (Lipinski definition) is 4. The Morgan fingerprint density at radius 1 is 1.19 bits per heavy atom. The second kappa shape index (κ2) is 5.73. The molecule has 0 spiro atoms. The van der Waals surface area contributed by atoms with Gasteiger partial charge in [0.05, 0.1) is 17.8 Å². The summed E-state index contributed by atoms with van der Waals surface area (Å²) in [6.45, 7) is 1.70. The highest BCUT2D eigenvalue weighted by molar-refractivity contribution is 7.90. The average Bonchev–Trinajstić information content (AvgIpc) is 2.41. The van der Waals surface area contributed by atoms with Crippen molar-refractivity contribution in [2.24, 2.45) is 0 Å². The summed E-state index contributed by atoms with van der Waals surface area (Å²) in [5, 5.41) is 0. The minimum atomic E-state index is -3.59. The molecule has 0 atom stereocenters. The molecule has 2 aromatic rings. The molecule has 2 N–H and O–H groups in total. The van der Waals surface area contributed by atoms with Crippen LogP contribution in [0, 0.1) is 12.7 Å². The molecule has 0 saturated carbocycles. The van der Waals surface area contributed by atoms with Crippen LogP contribution in [0.3, 0.4) is 0 Å². The molecule has 2 aromatic carbocycles. The number of nitrogen functional groups attached to an aromatic ring is 1. The van der Waals surface area contributed by atoms with Crippen LogP contribution in [0.25, 0.3) is 0 Å². The van der Waals surface area contributed by atoms with E-state index in [1.54, 1.807) is 19.1 Å². The maximum absolute atomic E-state index is 13.6. The van der Waals surface area contributed by atoms with Gasteiger partial charge in [0.15, 0.2) is 21.4 Å². The normalized spacial score (nSPS) is 11.4. The van der Waals surface area contributed by atoms with Crippen LogP contribution in [0.5, 0.6) is 5.75 Å². The summed E-state index contributed by atoms with van der Waals surface area (Å²) in [7, 11) is -2.24. The van der Waals surface area contributed by atoms with Gasteiger partial charge in [-0.25, -0.2) is 12.8 Å². The third kappa shape index (κ3) is 3.33. The van der Waals surface area contributed by atoms with E-state index in [-0.39, 0.29) is 16.4 Å². The molecule has 0 aliphatic rings. The topological polar surface area (TPSA) is 69.4 Å². The minimum absolute atomic E-state index is 0.0799. The van der Waals surface area contributed by atoms with E-state index in [1.165, 1.54) is 25.3 Å². The monoisotopic (exact) mass is 309 g/mol. The smallest absolute Gasteiger partial charge is 0.182 e. The summed E-state index contributed by atoms with van der Waals surface area (Å²) in [5.74, 6) is -0.802. The van der Waals surface area contributed by atoms with Crippen LogP contribution < -0.4 is 10.5 Å². The van der Waals surface area contributed by atoms with Crippen molar-refractivity contribution in [2.45, 2.75) is 17.6 Å². The van der Waals surface area contributed by atoms with Gasteiger partial charge < -0.3 is 10.5 Å². The molecule has 0 aromatic heterocycles. The second-order valence-corrected chi connectivity index (χ2v) is 6.71. The number of aryl methyl sites for hydroxylation is 1. The van der Waals surface area contributed by atoms with Crippen LogP contribution in [0.2, 0.25) is 0 Å². The van der Waals surface area contributed by atoms with Crippen LogP contribution in [-0.2, 0) is 15.6 Å². The molecule has 0 amide bonds. The van der Waals surface area contributed by atoms with Crippen molar-refractivity contribution in [1.82, 2.24) is 0 Å². The molecule has 0 aliphatic heterocycles. The van der Waals surface area contributed by atoms with E-state index in [0.717, 1.165) is 6.07 Å². The fourth-order valence-corrected chi connectivity index (χ4v) is 3.70. The molecular weight excluding hydrogens is 293 g/mol. The highest BCUT2D eigenvalue weighted by atomic mass is 32.2. The number of halogens is 1.